The van der Waals surface area contributed by atoms with Crippen LogP contribution in [0.5, 0.6) is 0 Å². The predicted molar refractivity (Wildman–Crippen MR) is 418 cm³/mol. The van der Waals surface area contributed by atoms with Crippen LogP contribution in [0, 0.1) is 0 Å². The largest absolute Gasteiger partial charge is 0.457 e. The van der Waals surface area contributed by atoms with Gasteiger partial charge in [-0.3, -0.25) is 0 Å². The van der Waals surface area contributed by atoms with Crippen molar-refractivity contribution in [3.63, 3.8) is 0 Å². The fraction of sp³-hybridized carbons (Fsp3) is 0. The Morgan fingerprint density at radius 1 is 0.208 bits per heavy atom. The third-order valence-corrected chi connectivity index (χ3v) is 20.9. The molecule has 11 aromatic rings. The Balaban J connectivity index is 1.28. The Morgan fingerprint density at radius 2 is 0.468 bits per heavy atom. The van der Waals surface area contributed by atoms with Gasteiger partial charge in [-0.15, -0.1) is 43.7 Å². The lowest BCUT2D eigenvalue weighted by molar-refractivity contribution is 0.674. The van der Waals surface area contributed by atoms with E-state index in [1.807, 2.05) is 0 Å². The second-order valence-electron chi connectivity index (χ2n) is 23.8. The maximum Gasteiger partial charge on any atom is 0.163 e. The van der Waals surface area contributed by atoms with E-state index < -0.39 is 0 Å². The summed E-state index contributed by atoms with van der Waals surface area (Å²) in [6.45, 7) is 0. The topological polar surface area (TPSA) is 69.9 Å². The van der Waals surface area contributed by atoms with Gasteiger partial charge < -0.3 is 13.4 Å². The first-order valence-electron chi connectivity index (χ1n) is 27.8. The third kappa shape index (κ3) is 6.96. The van der Waals surface area contributed by atoms with E-state index in [1.54, 1.807) is 0 Å². The molecule has 0 amide bonds. The van der Waals surface area contributed by atoms with E-state index in [1.165, 1.54) is 153 Å². The number of hydrogen-bond acceptors (Lipinski definition) is 5. The number of hydrogen-bond donors (Lipinski definition) is 0. The second-order valence-corrected chi connectivity index (χ2v) is 23.8. The average Bonchev–Trinajstić information content (AvgIpc) is 4.14. The summed E-state index contributed by atoms with van der Waals surface area (Å²) in [5.41, 5.74) is 42.8. The van der Waals surface area contributed by atoms with E-state index in [2.05, 4.69) is 209 Å². The van der Waals surface area contributed by atoms with Gasteiger partial charge in [0, 0.05) is 54.8 Å². The molecule has 0 aliphatic rings. The molecule has 0 aliphatic heterocycles. The normalized spacial score (nSPS) is 11.9. The summed E-state index contributed by atoms with van der Waals surface area (Å²) in [4.78, 5) is 16.6. The standard InChI is InChI=1S/C45H52B26N4O2/c46-10-2-1-11(47)22(58)30(66)32(68)36(1)75(37(2)42-5(13(10)49)3-14(50)23(59)31(67)34(70)40(3)77-42)38-20(56)6-4-12(48)15(51)9(21(57)39(4)76-41(6)35(71)33(38)69)45-73-43(7-16(52)24(60)28(64)25(61)17(7)53)72-44(74-45)8-18(54)26(62)29(65)27(63)19(8)55/h46-71H2. The highest BCUT2D eigenvalue weighted by Gasteiger charge is 2.32. The minimum Gasteiger partial charge on any atom is -0.457 e. The molecule has 342 valence electrons. The summed E-state index contributed by atoms with van der Waals surface area (Å²) < 4.78 is 17.4. The first-order chi connectivity index (χ1) is 36.1. The van der Waals surface area contributed by atoms with Gasteiger partial charge in [0.05, 0.1) is 5.52 Å². The highest BCUT2D eigenvalue weighted by atomic mass is 16.3. The van der Waals surface area contributed by atoms with Gasteiger partial charge in [-0.05, 0) is 10.8 Å². The number of nitrogens with zero attached hydrogens (tertiary/aromatic N) is 4. The predicted octanol–water partition coefficient (Wildman–Crippen LogP) is -33.5. The quantitative estimate of drug-likeness (QED) is 0.164. The van der Waals surface area contributed by atoms with Gasteiger partial charge in [0.1, 0.15) is 221 Å². The van der Waals surface area contributed by atoms with Gasteiger partial charge in [-0.25, -0.2) is 15.0 Å². The van der Waals surface area contributed by atoms with E-state index in [0.29, 0.717) is 17.5 Å². The van der Waals surface area contributed by atoms with E-state index in [0.717, 1.165) is 77.2 Å². The van der Waals surface area contributed by atoms with Crippen molar-refractivity contribution in [3.8, 4) is 39.9 Å². The fourth-order valence-corrected chi connectivity index (χ4v) is 14.1. The smallest absolute Gasteiger partial charge is 0.163 e. The van der Waals surface area contributed by atoms with Crippen LogP contribution in [0.1, 0.15) is 0 Å². The minimum atomic E-state index is 0.665. The van der Waals surface area contributed by atoms with Crippen LogP contribution >= 0.6 is 0 Å². The third-order valence-electron chi connectivity index (χ3n) is 20.9. The van der Waals surface area contributed by atoms with Gasteiger partial charge in [0.15, 0.2) is 23.1 Å². The maximum atomic E-state index is 7.42. The van der Waals surface area contributed by atoms with Crippen LogP contribution < -0.4 is 142 Å². The van der Waals surface area contributed by atoms with Crippen LogP contribution in [-0.4, -0.2) is 224 Å². The van der Waals surface area contributed by atoms with Crippen molar-refractivity contribution in [2.24, 2.45) is 0 Å². The Hall–Kier alpha value is -5.36. The molecule has 0 saturated carbocycles. The highest BCUT2D eigenvalue weighted by Crippen LogP contribution is 2.37. The summed E-state index contributed by atoms with van der Waals surface area (Å²) in [6.07, 6.45) is 0. The van der Waals surface area contributed by atoms with E-state index >= 15 is 0 Å². The summed E-state index contributed by atoms with van der Waals surface area (Å²) in [7, 11) is 58.8. The zero-order chi connectivity index (χ0) is 56.1. The zero-order valence-corrected chi connectivity index (χ0v) is 51.1. The molecule has 0 spiro atoms. The Bertz CT molecular complexity index is 4520. The van der Waals surface area contributed by atoms with Crippen LogP contribution in [0.4, 0.5) is 0 Å². The van der Waals surface area contributed by atoms with Gasteiger partial charge in [-0.2, -0.15) is 0 Å². The van der Waals surface area contributed by atoms with Crippen molar-refractivity contribution < 1.29 is 8.83 Å². The molecule has 0 radical (unpaired) electrons. The number of fused-ring (bicyclic) bond motifs is 10. The lowest BCUT2D eigenvalue weighted by Gasteiger charge is -2.23. The minimum absolute atomic E-state index is 0.665. The fourth-order valence-electron chi connectivity index (χ4n) is 14.1. The van der Waals surface area contributed by atoms with Crippen molar-refractivity contribution >= 4 is 412 Å². The maximum absolute atomic E-state index is 7.42. The number of aromatic nitrogens is 4. The zero-order valence-electron chi connectivity index (χ0n) is 51.1. The Kier molecular flexibility index (Phi) is 12.6. The van der Waals surface area contributed by atoms with Gasteiger partial charge in [0.25, 0.3) is 0 Å². The number of benzene rings is 7. The van der Waals surface area contributed by atoms with Crippen molar-refractivity contribution in [1.29, 1.82) is 0 Å². The first-order valence-corrected chi connectivity index (χ1v) is 27.8. The molecule has 0 unspecified atom stereocenters. The van der Waals surface area contributed by atoms with Crippen molar-refractivity contribution in [1.82, 2.24) is 19.5 Å². The molecule has 0 saturated heterocycles. The van der Waals surface area contributed by atoms with E-state index in [9.17, 15) is 0 Å². The molecule has 11 rings (SSSR count). The van der Waals surface area contributed by atoms with Crippen LogP contribution in [0.25, 0.3) is 106 Å². The summed E-state index contributed by atoms with van der Waals surface area (Å²) >= 11 is 0. The number of rotatable bonds is 4. The average molecular weight is 962 g/mol. The lowest BCUT2D eigenvalue weighted by atomic mass is 9.60. The van der Waals surface area contributed by atoms with Gasteiger partial charge in [0.2, 0.25) is 0 Å². The molecule has 32 heteroatoms. The highest BCUT2D eigenvalue weighted by molar-refractivity contribution is 6.74. The van der Waals surface area contributed by atoms with E-state index in [-0.39, 0.29) is 0 Å². The van der Waals surface area contributed by atoms with Crippen molar-refractivity contribution in [3.05, 3.63) is 0 Å². The Labute approximate surface area is 476 Å². The van der Waals surface area contributed by atoms with Crippen LogP contribution in [-0.2, 0) is 0 Å². The van der Waals surface area contributed by atoms with E-state index in [4.69, 9.17) is 23.8 Å². The monoisotopic (exact) mass is 967 g/mol. The molecule has 0 atom stereocenters. The molecule has 0 N–H and O–H groups in total. The summed E-state index contributed by atoms with van der Waals surface area (Å²) in [5, 5.41) is 7.33. The molecular formula is C45H52B26N4O2. The SMILES string of the molecule is Bc1c(B)c(B)c(-c2nc(-c3c(B)c(B)c(B)c(B)c3B)nc(-c3c(B)c(B)c4c(oc5c(B)c(B)c(-n6c7c(B)c(B)c(B)c(B)c7c7c(B)c(B)c8c(oc9c(B)c(B)c(B)c(B)c98)c76)c(B)c54)c3B)n2)c(B)c1B. The second kappa shape index (κ2) is 18.1. The van der Waals surface area contributed by atoms with Gasteiger partial charge >= 0.3 is 0 Å². The van der Waals surface area contributed by atoms with Crippen LogP contribution in [0.2, 0.25) is 0 Å². The lowest BCUT2D eigenvalue weighted by Crippen LogP contribution is -2.55. The molecule has 6 nitrogen and oxygen atoms in total. The molecule has 4 aromatic heterocycles. The Morgan fingerprint density at radius 3 is 0.935 bits per heavy atom. The summed E-state index contributed by atoms with van der Waals surface area (Å²) in [5.74, 6) is 2.07. The molecule has 0 fully saturated rings. The molecule has 0 aliphatic carbocycles. The first kappa shape index (κ1) is 53.6. The molecule has 77 heavy (non-hydrogen) atoms. The van der Waals surface area contributed by atoms with Crippen LogP contribution in [0.15, 0.2) is 8.83 Å². The molecule has 4 heterocycles. The van der Waals surface area contributed by atoms with Crippen LogP contribution in [0.3, 0.4) is 0 Å². The molecule has 7 aromatic carbocycles. The number of furan rings is 2. The summed E-state index contributed by atoms with van der Waals surface area (Å²) in [6, 6.07) is 0. The van der Waals surface area contributed by atoms with Crippen molar-refractivity contribution in [2.45, 2.75) is 0 Å². The van der Waals surface area contributed by atoms with Gasteiger partial charge in [-0.1, -0.05) is 92.9 Å². The molecule has 0 bridgehead atoms. The van der Waals surface area contributed by atoms with Crippen molar-refractivity contribution in [2.75, 3.05) is 0 Å². The molecular weight excluding hydrogens is 910 g/mol.